The molecule has 1 fully saturated rings. The van der Waals surface area contributed by atoms with Crippen LogP contribution in [0.1, 0.15) is 32.1 Å². The first-order valence-electron chi connectivity index (χ1n) is 5.28. The van der Waals surface area contributed by atoms with Crippen LogP contribution in [0.25, 0.3) is 0 Å². The lowest BCUT2D eigenvalue weighted by Gasteiger charge is -2.25. The van der Waals surface area contributed by atoms with Crippen LogP contribution in [0.2, 0.25) is 0 Å². The van der Waals surface area contributed by atoms with Gasteiger partial charge in [-0.05, 0) is 25.8 Å². The minimum absolute atomic E-state index is 0.358. The van der Waals surface area contributed by atoms with E-state index in [1.807, 2.05) is 4.90 Å². The molecular formula is C10H18FNO2. The predicted molar refractivity (Wildman–Crippen MR) is 52.1 cm³/mol. The van der Waals surface area contributed by atoms with Crippen LogP contribution in [0.4, 0.5) is 4.39 Å². The van der Waals surface area contributed by atoms with Crippen LogP contribution in [0, 0.1) is 0 Å². The third-order valence-electron chi connectivity index (χ3n) is 2.73. The number of hydrogen-bond donors (Lipinski definition) is 1. The van der Waals surface area contributed by atoms with Crippen LogP contribution in [0.3, 0.4) is 0 Å². The number of alkyl halides is 1. The molecule has 0 aromatic rings. The number of rotatable bonds is 4. The molecule has 1 aliphatic rings. The highest BCUT2D eigenvalue weighted by Crippen LogP contribution is 2.17. The van der Waals surface area contributed by atoms with E-state index < -0.39 is 5.97 Å². The molecule has 0 aromatic heterocycles. The molecule has 1 N–H and O–H groups in total. The fraction of sp³-hybridized carbons (Fsp3) is 0.900. The summed E-state index contributed by atoms with van der Waals surface area (Å²) >= 11 is 0. The van der Waals surface area contributed by atoms with Crippen molar-refractivity contribution in [2.45, 2.75) is 38.1 Å². The normalized spacial score (nSPS) is 24.5. The van der Waals surface area contributed by atoms with Gasteiger partial charge in [0.05, 0.1) is 6.67 Å². The van der Waals surface area contributed by atoms with Gasteiger partial charge in [0.2, 0.25) is 0 Å². The number of carbonyl (C=O) groups is 1. The summed E-state index contributed by atoms with van der Waals surface area (Å²) in [6, 6.07) is -0.385. The van der Waals surface area contributed by atoms with Crippen molar-refractivity contribution in [2.75, 3.05) is 19.8 Å². The van der Waals surface area contributed by atoms with E-state index in [2.05, 4.69) is 0 Å². The Balaban J connectivity index is 2.50. The van der Waals surface area contributed by atoms with Gasteiger partial charge in [0.25, 0.3) is 0 Å². The SMILES string of the molecule is O=C(O)C1CCCCCN1CCCF. The van der Waals surface area contributed by atoms with E-state index in [4.69, 9.17) is 5.11 Å². The van der Waals surface area contributed by atoms with E-state index in [9.17, 15) is 9.18 Å². The zero-order valence-electron chi connectivity index (χ0n) is 8.41. The molecule has 82 valence electrons. The van der Waals surface area contributed by atoms with Crippen molar-refractivity contribution in [1.82, 2.24) is 4.90 Å². The van der Waals surface area contributed by atoms with Gasteiger partial charge < -0.3 is 5.11 Å². The molecule has 1 saturated heterocycles. The molecule has 1 atom stereocenters. The monoisotopic (exact) mass is 203 g/mol. The Morgan fingerprint density at radius 3 is 2.86 bits per heavy atom. The van der Waals surface area contributed by atoms with Crippen LogP contribution in [-0.4, -0.2) is 41.8 Å². The van der Waals surface area contributed by atoms with Gasteiger partial charge >= 0.3 is 5.97 Å². The van der Waals surface area contributed by atoms with Crippen LogP contribution >= 0.6 is 0 Å². The molecule has 4 heteroatoms. The van der Waals surface area contributed by atoms with Crippen LogP contribution < -0.4 is 0 Å². The summed E-state index contributed by atoms with van der Waals surface area (Å²) < 4.78 is 12.0. The van der Waals surface area contributed by atoms with Gasteiger partial charge in [-0.15, -0.1) is 0 Å². The maximum atomic E-state index is 12.0. The highest BCUT2D eigenvalue weighted by Gasteiger charge is 2.26. The van der Waals surface area contributed by atoms with Crippen molar-refractivity contribution in [3.63, 3.8) is 0 Å². The first-order chi connectivity index (χ1) is 6.75. The first-order valence-corrected chi connectivity index (χ1v) is 5.28. The molecule has 0 spiro atoms. The van der Waals surface area contributed by atoms with Crippen molar-refractivity contribution in [2.24, 2.45) is 0 Å². The Hall–Kier alpha value is -0.640. The second-order valence-electron chi connectivity index (χ2n) is 3.78. The highest BCUT2D eigenvalue weighted by molar-refractivity contribution is 5.73. The van der Waals surface area contributed by atoms with E-state index >= 15 is 0 Å². The van der Waals surface area contributed by atoms with Crippen molar-refractivity contribution in [3.05, 3.63) is 0 Å². The summed E-state index contributed by atoms with van der Waals surface area (Å²) in [5, 5.41) is 9.00. The third-order valence-corrected chi connectivity index (χ3v) is 2.73. The fourth-order valence-corrected chi connectivity index (χ4v) is 1.98. The number of carboxylic acid groups (broad SMARTS) is 1. The summed E-state index contributed by atoms with van der Waals surface area (Å²) in [6.07, 6.45) is 4.26. The standard InChI is InChI=1S/C10H18FNO2/c11-6-4-8-12-7-3-1-2-5-9(12)10(13)14/h9H,1-8H2,(H,13,14). The number of nitrogens with zero attached hydrogens (tertiary/aromatic N) is 1. The molecule has 1 heterocycles. The number of hydrogen-bond acceptors (Lipinski definition) is 2. The smallest absolute Gasteiger partial charge is 0.320 e. The maximum absolute atomic E-state index is 12.0. The largest absolute Gasteiger partial charge is 0.480 e. The number of halogens is 1. The Kier molecular flexibility index (Phi) is 4.87. The van der Waals surface area contributed by atoms with Gasteiger partial charge in [0, 0.05) is 6.54 Å². The molecule has 0 aliphatic carbocycles. The molecule has 1 unspecified atom stereocenters. The first kappa shape index (κ1) is 11.4. The quantitative estimate of drug-likeness (QED) is 0.755. The van der Waals surface area contributed by atoms with Gasteiger partial charge in [-0.3, -0.25) is 14.1 Å². The number of likely N-dealkylation sites (tertiary alicyclic amines) is 1. The van der Waals surface area contributed by atoms with Crippen LogP contribution in [0.5, 0.6) is 0 Å². The van der Waals surface area contributed by atoms with Gasteiger partial charge in [0.1, 0.15) is 6.04 Å². The Labute approximate surface area is 83.9 Å². The molecule has 0 radical (unpaired) electrons. The number of aliphatic carboxylic acids is 1. The lowest BCUT2D eigenvalue weighted by molar-refractivity contribution is -0.143. The second kappa shape index (κ2) is 5.96. The zero-order chi connectivity index (χ0) is 10.4. The van der Waals surface area contributed by atoms with Crippen molar-refractivity contribution in [1.29, 1.82) is 0 Å². The van der Waals surface area contributed by atoms with E-state index in [0.29, 0.717) is 19.4 Å². The average molecular weight is 203 g/mol. The van der Waals surface area contributed by atoms with E-state index in [1.165, 1.54) is 0 Å². The second-order valence-corrected chi connectivity index (χ2v) is 3.78. The van der Waals surface area contributed by atoms with Crippen molar-refractivity contribution >= 4 is 5.97 Å². The van der Waals surface area contributed by atoms with Gasteiger partial charge in [0.15, 0.2) is 0 Å². The van der Waals surface area contributed by atoms with Gasteiger partial charge in [-0.1, -0.05) is 12.8 Å². The summed E-state index contributed by atoms with van der Waals surface area (Å²) in [5.41, 5.74) is 0. The molecule has 0 aromatic carbocycles. The number of carboxylic acids is 1. The molecule has 1 rings (SSSR count). The zero-order valence-corrected chi connectivity index (χ0v) is 8.41. The van der Waals surface area contributed by atoms with E-state index in [1.54, 1.807) is 0 Å². The Morgan fingerprint density at radius 1 is 1.43 bits per heavy atom. The van der Waals surface area contributed by atoms with Crippen molar-refractivity contribution < 1.29 is 14.3 Å². The van der Waals surface area contributed by atoms with Crippen LogP contribution in [-0.2, 0) is 4.79 Å². The predicted octanol–water partition coefficient (Wildman–Crippen LogP) is 1.68. The maximum Gasteiger partial charge on any atom is 0.320 e. The fourth-order valence-electron chi connectivity index (χ4n) is 1.98. The minimum atomic E-state index is -0.759. The van der Waals surface area contributed by atoms with Gasteiger partial charge in [-0.25, -0.2) is 0 Å². The minimum Gasteiger partial charge on any atom is -0.480 e. The Morgan fingerprint density at radius 2 is 2.21 bits per heavy atom. The summed E-state index contributed by atoms with van der Waals surface area (Å²) in [4.78, 5) is 12.9. The lowest BCUT2D eigenvalue weighted by atomic mass is 10.1. The molecule has 0 bridgehead atoms. The molecule has 3 nitrogen and oxygen atoms in total. The van der Waals surface area contributed by atoms with Gasteiger partial charge in [-0.2, -0.15) is 0 Å². The average Bonchev–Trinajstić information content (AvgIpc) is 2.39. The third kappa shape index (κ3) is 3.25. The topological polar surface area (TPSA) is 40.5 Å². The lowest BCUT2D eigenvalue weighted by Crippen LogP contribution is -2.41. The highest BCUT2D eigenvalue weighted by atomic mass is 19.1. The molecule has 0 amide bonds. The Bertz CT molecular complexity index is 187. The summed E-state index contributed by atoms with van der Waals surface area (Å²) in [7, 11) is 0. The van der Waals surface area contributed by atoms with Crippen LogP contribution in [0.15, 0.2) is 0 Å². The van der Waals surface area contributed by atoms with Crippen molar-refractivity contribution in [3.8, 4) is 0 Å². The molecule has 0 saturated carbocycles. The summed E-state index contributed by atoms with van der Waals surface area (Å²) in [5.74, 6) is -0.759. The molecular weight excluding hydrogens is 185 g/mol. The molecule has 14 heavy (non-hydrogen) atoms. The van der Waals surface area contributed by atoms with E-state index in [0.717, 1.165) is 25.8 Å². The molecule has 1 aliphatic heterocycles. The van der Waals surface area contributed by atoms with E-state index in [-0.39, 0.29) is 12.7 Å². The summed E-state index contributed by atoms with van der Waals surface area (Å²) in [6.45, 7) is 1.02.